The number of rotatable bonds is 7. The summed E-state index contributed by atoms with van der Waals surface area (Å²) in [5, 5.41) is 0. The molecule has 2 bridgehead atoms. The van der Waals surface area contributed by atoms with Gasteiger partial charge in [0.05, 0.1) is 20.0 Å². The fourth-order valence-corrected chi connectivity index (χ4v) is 8.58. The SMILES string of the molecule is COc1ccc2c3c1OC1C(C)(OC)C(COS(C)(=O)=O)CC4(C)C(C2)N(CC2CC2)CCC314. The molecular weight excluding hydrogens is 454 g/mol. The van der Waals surface area contributed by atoms with E-state index in [1.165, 1.54) is 24.0 Å². The molecule has 0 N–H and O–H groups in total. The monoisotopic (exact) mass is 491 g/mol. The summed E-state index contributed by atoms with van der Waals surface area (Å²) in [6, 6.07) is 4.66. The third kappa shape index (κ3) is 2.95. The average Bonchev–Trinajstić information content (AvgIpc) is 3.53. The van der Waals surface area contributed by atoms with Crippen molar-refractivity contribution in [2.75, 3.05) is 40.2 Å². The summed E-state index contributed by atoms with van der Waals surface area (Å²) in [6.45, 7) is 6.82. The molecule has 2 aliphatic heterocycles. The van der Waals surface area contributed by atoms with Crippen LogP contribution in [-0.4, -0.2) is 71.2 Å². The molecule has 1 aromatic rings. The fraction of sp³-hybridized carbons (Fsp3) is 0.769. The number of piperidine rings is 1. The predicted molar refractivity (Wildman–Crippen MR) is 128 cm³/mol. The van der Waals surface area contributed by atoms with Gasteiger partial charge in [0.25, 0.3) is 10.1 Å². The van der Waals surface area contributed by atoms with E-state index in [9.17, 15) is 8.42 Å². The molecule has 6 unspecified atom stereocenters. The van der Waals surface area contributed by atoms with Gasteiger partial charge in [0.15, 0.2) is 11.5 Å². The van der Waals surface area contributed by atoms with Crippen LogP contribution in [-0.2, 0) is 30.9 Å². The van der Waals surface area contributed by atoms with Crippen LogP contribution in [0.2, 0.25) is 0 Å². The molecule has 2 saturated carbocycles. The lowest BCUT2D eigenvalue weighted by atomic mass is 9.40. The standard InChI is InChI=1S/C26H37NO6S/c1-24-13-18(15-32-34(5,28)29)25(2,31-4)23-26(24)10-11-27(14-16-6-7-16)20(24)12-17-8-9-19(30-3)22(33-23)21(17)26/h8-9,16,18,20,23H,6-7,10-15H2,1-5H3. The normalized spacial score (nSPS) is 40.6. The first-order valence-corrected chi connectivity index (χ1v) is 14.4. The number of nitrogens with zero attached hydrogens (tertiary/aromatic N) is 1. The minimum atomic E-state index is -3.57. The fourth-order valence-electron chi connectivity index (χ4n) is 8.16. The number of ether oxygens (including phenoxy) is 3. The Kier molecular flexibility index (Phi) is 4.98. The highest BCUT2D eigenvalue weighted by Gasteiger charge is 2.75. The van der Waals surface area contributed by atoms with Crippen LogP contribution in [0.4, 0.5) is 0 Å². The molecule has 8 heteroatoms. The largest absolute Gasteiger partial charge is 0.493 e. The number of benzene rings is 1. The van der Waals surface area contributed by atoms with E-state index in [0.717, 1.165) is 56.0 Å². The van der Waals surface area contributed by atoms with E-state index < -0.39 is 15.7 Å². The molecule has 1 saturated heterocycles. The molecule has 2 heterocycles. The summed E-state index contributed by atoms with van der Waals surface area (Å²) in [7, 11) is -0.147. The first-order valence-electron chi connectivity index (χ1n) is 12.6. The summed E-state index contributed by atoms with van der Waals surface area (Å²) in [4.78, 5) is 2.73. The molecule has 5 aliphatic rings. The Morgan fingerprint density at radius 1 is 1.21 bits per heavy atom. The lowest BCUT2D eigenvalue weighted by Gasteiger charge is -2.68. The summed E-state index contributed by atoms with van der Waals surface area (Å²) in [5.74, 6) is 2.32. The highest BCUT2D eigenvalue weighted by molar-refractivity contribution is 7.85. The van der Waals surface area contributed by atoms with Crippen molar-refractivity contribution in [3.05, 3.63) is 23.3 Å². The molecule has 7 nitrogen and oxygen atoms in total. The Labute approximate surface area is 203 Å². The smallest absolute Gasteiger partial charge is 0.264 e. The maximum atomic E-state index is 12.0. The molecule has 34 heavy (non-hydrogen) atoms. The predicted octanol–water partition coefficient (Wildman–Crippen LogP) is 3.14. The van der Waals surface area contributed by atoms with E-state index in [-0.39, 0.29) is 29.5 Å². The lowest BCUT2D eigenvalue weighted by molar-refractivity contribution is -0.229. The highest BCUT2D eigenvalue weighted by Crippen LogP contribution is 2.71. The third-order valence-electron chi connectivity index (χ3n) is 10.1. The van der Waals surface area contributed by atoms with Crippen molar-refractivity contribution in [1.29, 1.82) is 0 Å². The summed E-state index contributed by atoms with van der Waals surface area (Å²) >= 11 is 0. The summed E-state index contributed by atoms with van der Waals surface area (Å²) < 4.78 is 48.3. The van der Waals surface area contributed by atoms with Crippen molar-refractivity contribution < 1.29 is 26.8 Å². The van der Waals surface area contributed by atoms with E-state index in [1.807, 2.05) is 6.07 Å². The molecular formula is C26H37NO6S. The van der Waals surface area contributed by atoms with Crippen LogP contribution < -0.4 is 9.47 Å². The van der Waals surface area contributed by atoms with Gasteiger partial charge in [-0.15, -0.1) is 0 Å². The molecule has 1 spiro atoms. The van der Waals surface area contributed by atoms with E-state index in [2.05, 4.69) is 24.8 Å². The van der Waals surface area contributed by atoms with Crippen LogP contribution in [0.1, 0.15) is 50.7 Å². The van der Waals surface area contributed by atoms with Gasteiger partial charge < -0.3 is 14.2 Å². The molecule has 3 aliphatic carbocycles. The van der Waals surface area contributed by atoms with Crippen molar-refractivity contribution in [2.24, 2.45) is 17.3 Å². The zero-order valence-electron chi connectivity index (χ0n) is 20.9. The second kappa shape index (κ2) is 7.34. The maximum absolute atomic E-state index is 12.0. The average molecular weight is 492 g/mol. The summed E-state index contributed by atoms with van der Waals surface area (Å²) in [5.41, 5.74) is 1.67. The van der Waals surface area contributed by atoms with Crippen molar-refractivity contribution in [2.45, 2.75) is 69.1 Å². The Morgan fingerprint density at radius 3 is 2.62 bits per heavy atom. The Bertz CT molecular complexity index is 1120. The van der Waals surface area contributed by atoms with Crippen LogP contribution in [0.25, 0.3) is 0 Å². The van der Waals surface area contributed by atoms with Gasteiger partial charge in [0.2, 0.25) is 0 Å². The quantitative estimate of drug-likeness (QED) is 0.543. The van der Waals surface area contributed by atoms with Crippen molar-refractivity contribution in [1.82, 2.24) is 4.90 Å². The van der Waals surface area contributed by atoms with Gasteiger partial charge in [-0.3, -0.25) is 9.08 Å². The number of likely N-dealkylation sites (tertiary alicyclic amines) is 1. The minimum Gasteiger partial charge on any atom is -0.493 e. The zero-order chi connectivity index (χ0) is 24.1. The number of hydrogen-bond acceptors (Lipinski definition) is 7. The highest BCUT2D eigenvalue weighted by atomic mass is 32.2. The maximum Gasteiger partial charge on any atom is 0.264 e. The molecule has 3 fully saturated rings. The van der Waals surface area contributed by atoms with Crippen LogP contribution >= 0.6 is 0 Å². The molecule has 0 aromatic heterocycles. The van der Waals surface area contributed by atoms with E-state index in [4.69, 9.17) is 18.4 Å². The molecule has 1 aromatic carbocycles. The van der Waals surface area contributed by atoms with Crippen molar-refractivity contribution in [3.63, 3.8) is 0 Å². The van der Waals surface area contributed by atoms with E-state index >= 15 is 0 Å². The van der Waals surface area contributed by atoms with Crippen LogP contribution in [0.15, 0.2) is 12.1 Å². The molecule has 0 radical (unpaired) electrons. The summed E-state index contributed by atoms with van der Waals surface area (Å²) in [6.07, 6.45) is 6.36. The van der Waals surface area contributed by atoms with Crippen LogP contribution in [0.5, 0.6) is 11.5 Å². The zero-order valence-corrected chi connectivity index (χ0v) is 21.7. The minimum absolute atomic E-state index is 0.0982. The Balaban J connectivity index is 1.53. The van der Waals surface area contributed by atoms with Gasteiger partial charge in [0, 0.05) is 36.6 Å². The Morgan fingerprint density at radius 2 is 1.97 bits per heavy atom. The number of methoxy groups -OCH3 is 2. The molecule has 6 atom stereocenters. The van der Waals surface area contributed by atoms with E-state index in [1.54, 1.807) is 14.2 Å². The van der Waals surface area contributed by atoms with Gasteiger partial charge in [0.1, 0.15) is 11.7 Å². The van der Waals surface area contributed by atoms with Crippen LogP contribution in [0.3, 0.4) is 0 Å². The lowest BCUT2D eigenvalue weighted by Crippen LogP contribution is -2.77. The van der Waals surface area contributed by atoms with Crippen molar-refractivity contribution in [3.8, 4) is 11.5 Å². The second-order valence-corrected chi connectivity index (χ2v) is 13.3. The third-order valence-corrected chi connectivity index (χ3v) is 10.6. The Hall–Kier alpha value is -1.35. The van der Waals surface area contributed by atoms with Gasteiger partial charge in [-0.25, -0.2) is 0 Å². The molecule has 0 amide bonds. The van der Waals surface area contributed by atoms with Gasteiger partial charge in [-0.2, -0.15) is 8.42 Å². The second-order valence-electron chi connectivity index (χ2n) is 11.7. The van der Waals surface area contributed by atoms with Gasteiger partial charge in [-0.05, 0) is 68.5 Å². The first kappa shape index (κ1) is 23.1. The molecule has 6 rings (SSSR count). The van der Waals surface area contributed by atoms with Gasteiger partial charge >= 0.3 is 0 Å². The molecule has 188 valence electrons. The van der Waals surface area contributed by atoms with Crippen molar-refractivity contribution >= 4 is 10.1 Å². The number of hydrogen-bond donors (Lipinski definition) is 0. The van der Waals surface area contributed by atoms with Gasteiger partial charge in [-0.1, -0.05) is 13.0 Å². The van der Waals surface area contributed by atoms with Crippen LogP contribution in [0, 0.1) is 17.3 Å². The van der Waals surface area contributed by atoms with E-state index in [0.29, 0.717) is 6.04 Å². The first-order chi connectivity index (χ1) is 16.1. The topological polar surface area (TPSA) is 74.3 Å².